The molecule has 218 valence electrons. The molecule has 0 unspecified atom stereocenters. The summed E-state index contributed by atoms with van der Waals surface area (Å²) >= 11 is 0.735. The number of amides is 4. The molecule has 0 radical (unpaired) electrons. The Bertz CT molecular complexity index is 1510. The molecule has 11 nitrogen and oxygen atoms in total. The van der Waals surface area contributed by atoms with Gasteiger partial charge in [0.1, 0.15) is 18.0 Å². The molecular formula is C30H29N3O8S. The van der Waals surface area contributed by atoms with Crippen LogP contribution in [0.15, 0.2) is 71.6 Å². The number of ether oxygens (including phenoxy) is 4. The zero-order valence-electron chi connectivity index (χ0n) is 23.2. The molecule has 1 aliphatic rings. The average molecular weight is 592 g/mol. The number of imide groups is 1. The molecule has 0 atom stereocenters. The molecule has 4 rings (SSSR count). The van der Waals surface area contributed by atoms with E-state index in [-0.39, 0.29) is 11.5 Å². The van der Waals surface area contributed by atoms with Crippen molar-refractivity contribution in [3.63, 3.8) is 0 Å². The van der Waals surface area contributed by atoms with Gasteiger partial charge in [-0.3, -0.25) is 24.1 Å². The van der Waals surface area contributed by atoms with E-state index in [2.05, 4.69) is 10.6 Å². The van der Waals surface area contributed by atoms with Crippen LogP contribution < -0.4 is 29.6 Å². The van der Waals surface area contributed by atoms with E-state index >= 15 is 0 Å². The molecule has 1 saturated heterocycles. The lowest BCUT2D eigenvalue weighted by Crippen LogP contribution is -2.36. The summed E-state index contributed by atoms with van der Waals surface area (Å²) in [5.41, 5.74) is 1.58. The van der Waals surface area contributed by atoms with Crippen molar-refractivity contribution in [3.8, 4) is 23.0 Å². The fraction of sp³-hybridized carbons (Fsp3) is 0.200. The van der Waals surface area contributed by atoms with Crippen molar-refractivity contribution in [1.82, 2.24) is 4.90 Å². The molecule has 12 heteroatoms. The van der Waals surface area contributed by atoms with Crippen LogP contribution in [0, 0.1) is 0 Å². The second-order valence-electron chi connectivity index (χ2n) is 8.72. The lowest BCUT2D eigenvalue weighted by molar-refractivity contribution is -0.127. The highest BCUT2D eigenvalue weighted by molar-refractivity contribution is 8.18. The van der Waals surface area contributed by atoms with Crippen molar-refractivity contribution in [2.75, 3.05) is 44.6 Å². The van der Waals surface area contributed by atoms with Crippen LogP contribution in [0.25, 0.3) is 6.08 Å². The van der Waals surface area contributed by atoms with Crippen LogP contribution >= 0.6 is 11.8 Å². The number of anilines is 2. The van der Waals surface area contributed by atoms with Gasteiger partial charge in [0.25, 0.3) is 17.1 Å². The standard InChI is InChI=1S/C30H29N3O8S/c1-4-40-21-12-10-20(11-13-21)31-27(34)17-33-29(36)26(42-30(33)37)16-19-9-14-24(25(15-19)39-3)41-18-28(35)32-22-7-5-6-8-23(22)38-2/h5-16H,4,17-18H2,1-3H3,(H,31,34)(H,32,35)/b26-16-. The molecular weight excluding hydrogens is 562 g/mol. The van der Waals surface area contributed by atoms with Crippen LogP contribution in [0.1, 0.15) is 12.5 Å². The molecule has 1 heterocycles. The van der Waals surface area contributed by atoms with Crippen molar-refractivity contribution in [2.45, 2.75) is 6.92 Å². The van der Waals surface area contributed by atoms with Gasteiger partial charge in [0.2, 0.25) is 5.91 Å². The SMILES string of the molecule is CCOc1ccc(NC(=O)CN2C(=O)S/C(=C\c3ccc(OCC(=O)Nc4ccccc4OC)c(OC)c3)C2=O)cc1. The highest BCUT2D eigenvalue weighted by Crippen LogP contribution is 2.34. The second-order valence-corrected chi connectivity index (χ2v) is 9.71. The Morgan fingerprint density at radius 1 is 0.857 bits per heavy atom. The lowest BCUT2D eigenvalue weighted by atomic mass is 10.2. The van der Waals surface area contributed by atoms with E-state index in [4.69, 9.17) is 18.9 Å². The molecule has 0 spiro atoms. The third-order valence-electron chi connectivity index (χ3n) is 5.85. The summed E-state index contributed by atoms with van der Waals surface area (Å²) in [4.78, 5) is 51.4. The first-order valence-electron chi connectivity index (χ1n) is 12.8. The number of thioether (sulfide) groups is 1. The van der Waals surface area contributed by atoms with E-state index in [0.717, 1.165) is 16.7 Å². The van der Waals surface area contributed by atoms with E-state index in [1.54, 1.807) is 66.7 Å². The number of hydrogen-bond acceptors (Lipinski definition) is 9. The van der Waals surface area contributed by atoms with Gasteiger partial charge in [0.15, 0.2) is 18.1 Å². The average Bonchev–Trinajstić information content (AvgIpc) is 3.24. The summed E-state index contributed by atoms with van der Waals surface area (Å²) in [6, 6.07) is 18.6. The normalized spacial score (nSPS) is 13.6. The number of hydrogen-bond donors (Lipinski definition) is 2. The van der Waals surface area contributed by atoms with E-state index in [1.807, 2.05) is 6.92 Å². The number of methoxy groups -OCH3 is 2. The molecule has 42 heavy (non-hydrogen) atoms. The van der Waals surface area contributed by atoms with E-state index in [0.29, 0.717) is 46.5 Å². The maximum absolute atomic E-state index is 12.9. The van der Waals surface area contributed by atoms with Gasteiger partial charge in [-0.25, -0.2) is 0 Å². The maximum Gasteiger partial charge on any atom is 0.294 e. The summed E-state index contributed by atoms with van der Waals surface area (Å²) in [5.74, 6) is 0.320. The van der Waals surface area contributed by atoms with Gasteiger partial charge in [-0.15, -0.1) is 0 Å². The second kappa shape index (κ2) is 14.1. The van der Waals surface area contributed by atoms with Crippen LogP contribution in [0.3, 0.4) is 0 Å². The van der Waals surface area contributed by atoms with Gasteiger partial charge < -0.3 is 29.6 Å². The zero-order chi connectivity index (χ0) is 30.1. The van der Waals surface area contributed by atoms with Crippen molar-refractivity contribution >= 4 is 52.2 Å². The van der Waals surface area contributed by atoms with E-state index < -0.39 is 29.5 Å². The molecule has 0 aromatic heterocycles. The summed E-state index contributed by atoms with van der Waals surface area (Å²) in [6.07, 6.45) is 1.52. The minimum Gasteiger partial charge on any atom is -0.495 e. The number of nitrogens with zero attached hydrogens (tertiary/aromatic N) is 1. The summed E-state index contributed by atoms with van der Waals surface area (Å²) in [6.45, 7) is 1.68. The van der Waals surface area contributed by atoms with Crippen molar-refractivity contribution in [2.24, 2.45) is 0 Å². The molecule has 0 aliphatic carbocycles. The topological polar surface area (TPSA) is 132 Å². The quantitative estimate of drug-likeness (QED) is 0.285. The summed E-state index contributed by atoms with van der Waals surface area (Å²) < 4.78 is 21.7. The van der Waals surface area contributed by atoms with E-state index in [1.165, 1.54) is 20.3 Å². The van der Waals surface area contributed by atoms with Gasteiger partial charge in [0.05, 0.1) is 31.4 Å². The number of benzene rings is 3. The Morgan fingerprint density at radius 3 is 2.31 bits per heavy atom. The van der Waals surface area contributed by atoms with Gasteiger partial charge >= 0.3 is 0 Å². The van der Waals surface area contributed by atoms with E-state index in [9.17, 15) is 19.2 Å². The van der Waals surface area contributed by atoms with Crippen molar-refractivity contribution in [3.05, 3.63) is 77.2 Å². The van der Waals surface area contributed by atoms with Crippen LogP contribution in [0.2, 0.25) is 0 Å². The van der Waals surface area contributed by atoms with Crippen molar-refractivity contribution in [1.29, 1.82) is 0 Å². The first-order chi connectivity index (χ1) is 20.3. The Labute approximate surface area is 246 Å². The van der Waals surface area contributed by atoms with Gasteiger partial charge in [0, 0.05) is 5.69 Å². The van der Waals surface area contributed by atoms with Crippen LogP contribution in [0.5, 0.6) is 23.0 Å². The largest absolute Gasteiger partial charge is 0.495 e. The minimum absolute atomic E-state index is 0.153. The number of carbonyl (C=O) groups is 4. The summed E-state index contributed by atoms with van der Waals surface area (Å²) in [5, 5.41) is 4.84. The zero-order valence-corrected chi connectivity index (χ0v) is 24.0. The smallest absolute Gasteiger partial charge is 0.294 e. The number of rotatable bonds is 12. The first kappa shape index (κ1) is 30.0. The van der Waals surface area contributed by atoms with Crippen LogP contribution in [-0.4, -0.2) is 61.8 Å². The summed E-state index contributed by atoms with van der Waals surface area (Å²) in [7, 11) is 2.95. The fourth-order valence-corrected chi connectivity index (χ4v) is 4.74. The highest BCUT2D eigenvalue weighted by Gasteiger charge is 2.36. The Hall–Kier alpha value is -4.97. The van der Waals surface area contributed by atoms with Gasteiger partial charge in [-0.1, -0.05) is 18.2 Å². The van der Waals surface area contributed by atoms with Crippen molar-refractivity contribution < 1.29 is 38.1 Å². The Balaban J connectivity index is 1.36. The highest BCUT2D eigenvalue weighted by atomic mass is 32.2. The minimum atomic E-state index is -0.584. The maximum atomic E-state index is 12.9. The predicted molar refractivity (Wildman–Crippen MR) is 159 cm³/mol. The third kappa shape index (κ3) is 7.61. The third-order valence-corrected chi connectivity index (χ3v) is 6.76. The molecule has 4 amide bonds. The monoisotopic (exact) mass is 591 g/mol. The fourth-order valence-electron chi connectivity index (χ4n) is 3.90. The van der Waals surface area contributed by atoms with Gasteiger partial charge in [-0.2, -0.15) is 0 Å². The lowest BCUT2D eigenvalue weighted by Gasteiger charge is -2.13. The molecule has 0 bridgehead atoms. The predicted octanol–water partition coefficient (Wildman–Crippen LogP) is 4.80. The molecule has 3 aromatic rings. The number of para-hydroxylation sites is 2. The molecule has 0 saturated carbocycles. The molecule has 1 aliphatic heterocycles. The van der Waals surface area contributed by atoms with Crippen LogP contribution in [0.4, 0.5) is 16.2 Å². The Kier molecular flexibility index (Phi) is 10.1. The Morgan fingerprint density at radius 2 is 1.60 bits per heavy atom. The molecule has 1 fully saturated rings. The molecule has 3 aromatic carbocycles. The van der Waals surface area contributed by atoms with Gasteiger partial charge in [-0.05, 0) is 78.9 Å². The number of nitrogens with one attached hydrogen (secondary N) is 2. The van der Waals surface area contributed by atoms with Crippen LogP contribution in [-0.2, 0) is 14.4 Å². The number of carbonyl (C=O) groups excluding carboxylic acids is 4. The molecule has 2 N–H and O–H groups in total. The first-order valence-corrected chi connectivity index (χ1v) is 13.6.